The molecule has 13 heavy (non-hydrogen) atoms. The zero-order chi connectivity index (χ0) is 9.84. The maximum atomic E-state index is 11.4. The Labute approximate surface area is 79.1 Å². The molecular weight excluding hydrogens is 166 g/mol. The van der Waals surface area contributed by atoms with Crippen LogP contribution in [0.1, 0.15) is 26.7 Å². The third-order valence-electron chi connectivity index (χ3n) is 2.02. The summed E-state index contributed by atoms with van der Waals surface area (Å²) < 4.78 is 5.06. The average molecular weight is 181 g/mol. The van der Waals surface area contributed by atoms with E-state index in [1.54, 1.807) is 4.90 Å². The Bertz CT molecular complexity index is 230. The van der Waals surface area contributed by atoms with Crippen LogP contribution in [0.15, 0.2) is 0 Å². The number of terminal acetylenes is 1. The summed E-state index contributed by atoms with van der Waals surface area (Å²) in [6.45, 7) is 4.39. The standard InChI is InChI=1S/C10H15NO2/c1-4-9-6-5-7-11(9)10(12)13-8(2)3/h1,8-9H,5-7H2,2-3H3/t9-/m1/s1. The van der Waals surface area contributed by atoms with Gasteiger partial charge in [0.25, 0.3) is 0 Å². The van der Waals surface area contributed by atoms with Crippen molar-refractivity contribution in [3.8, 4) is 12.3 Å². The third kappa shape index (κ3) is 2.38. The summed E-state index contributed by atoms with van der Waals surface area (Å²) in [4.78, 5) is 13.1. The molecule has 0 unspecified atom stereocenters. The summed E-state index contributed by atoms with van der Waals surface area (Å²) in [7, 11) is 0. The Kier molecular flexibility index (Phi) is 3.18. The van der Waals surface area contributed by atoms with Crippen LogP contribution in [0, 0.1) is 12.3 Å². The summed E-state index contributed by atoms with van der Waals surface area (Å²) in [6.07, 6.45) is 6.80. The monoisotopic (exact) mass is 181 g/mol. The minimum Gasteiger partial charge on any atom is -0.447 e. The molecule has 0 N–H and O–H groups in total. The predicted molar refractivity (Wildman–Crippen MR) is 50.2 cm³/mol. The second-order valence-electron chi connectivity index (χ2n) is 3.45. The van der Waals surface area contributed by atoms with Gasteiger partial charge in [-0.25, -0.2) is 4.79 Å². The van der Waals surface area contributed by atoms with E-state index >= 15 is 0 Å². The minimum absolute atomic E-state index is 0.0637. The smallest absolute Gasteiger partial charge is 0.411 e. The molecule has 0 saturated carbocycles. The molecule has 72 valence electrons. The highest BCUT2D eigenvalue weighted by molar-refractivity contribution is 5.69. The highest BCUT2D eigenvalue weighted by atomic mass is 16.6. The summed E-state index contributed by atoms with van der Waals surface area (Å²) in [5.74, 6) is 2.59. The van der Waals surface area contributed by atoms with Crippen LogP contribution in [0.5, 0.6) is 0 Å². The van der Waals surface area contributed by atoms with Gasteiger partial charge in [0.1, 0.15) is 0 Å². The van der Waals surface area contributed by atoms with Crippen molar-refractivity contribution in [2.75, 3.05) is 6.54 Å². The maximum Gasteiger partial charge on any atom is 0.411 e. The van der Waals surface area contributed by atoms with Crippen molar-refractivity contribution in [1.82, 2.24) is 4.90 Å². The number of ether oxygens (including phenoxy) is 1. The van der Waals surface area contributed by atoms with E-state index in [1.165, 1.54) is 0 Å². The highest BCUT2D eigenvalue weighted by Crippen LogP contribution is 2.17. The van der Waals surface area contributed by atoms with Crippen molar-refractivity contribution in [3.63, 3.8) is 0 Å². The second-order valence-corrected chi connectivity index (χ2v) is 3.45. The fourth-order valence-corrected chi connectivity index (χ4v) is 1.43. The second kappa shape index (κ2) is 4.18. The Morgan fingerprint density at radius 3 is 2.92 bits per heavy atom. The van der Waals surface area contributed by atoms with Crippen molar-refractivity contribution in [3.05, 3.63) is 0 Å². The molecule has 1 heterocycles. The van der Waals surface area contributed by atoms with Gasteiger partial charge in [-0.05, 0) is 26.7 Å². The van der Waals surface area contributed by atoms with Gasteiger partial charge < -0.3 is 4.74 Å². The summed E-state index contributed by atoms with van der Waals surface area (Å²) >= 11 is 0. The van der Waals surface area contributed by atoms with E-state index in [-0.39, 0.29) is 18.2 Å². The van der Waals surface area contributed by atoms with E-state index in [1.807, 2.05) is 13.8 Å². The van der Waals surface area contributed by atoms with Gasteiger partial charge in [0.05, 0.1) is 12.1 Å². The van der Waals surface area contributed by atoms with E-state index in [2.05, 4.69) is 5.92 Å². The van der Waals surface area contributed by atoms with Gasteiger partial charge in [0, 0.05) is 6.54 Å². The SMILES string of the molecule is C#C[C@@H]1CCCN1C(=O)OC(C)C. The van der Waals surface area contributed by atoms with E-state index in [0.717, 1.165) is 19.4 Å². The molecule has 1 aliphatic heterocycles. The molecule has 3 nitrogen and oxygen atoms in total. The molecule has 1 aliphatic rings. The molecule has 0 aliphatic carbocycles. The first-order chi connectivity index (χ1) is 6.15. The molecule has 0 radical (unpaired) electrons. The average Bonchev–Trinajstić information content (AvgIpc) is 2.49. The number of hydrogen-bond acceptors (Lipinski definition) is 2. The third-order valence-corrected chi connectivity index (χ3v) is 2.02. The van der Waals surface area contributed by atoms with Crippen molar-refractivity contribution in [2.24, 2.45) is 0 Å². The Morgan fingerprint density at radius 2 is 2.38 bits per heavy atom. The first-order valence-electron chi connectivity index (χ1n) is 4.58. The zero-order valence-corrected chi connectivity index (χ0v) is 8.12. The van der Waals surface area contributed by atoms with E-state index in [9.17, 15) is 4.79 Å². The van der Waals surface area contributed by atoms with Crippen LogP contribution in [0.3, 0.4) is 0 Å². The lowest BCUT2D eigenvalue weighted by Crippen LogP contribution is -2.36. The van der Waals surface area contributed by atoms with Crippen molar-refractivity contribution < 1.29 is 9.53 Å². The fourth-order valence-electron chi connectivity index (χ4n) is 1.43. The van der Waals surface area contributed by atoms with Gasteiger partial charge in [-0.15, -0.1) is 6.42 Å². The fraction of sp³-hybridized carbons (Fsp3) is 0.700. The van der Waals surface area contributed by atoms with Gasteiger partial charge in [-0.1, -0.05) is 5.92 Å². The molecule has 0 spiro atoms. The molecule has 0 aromatic heterocycles. The predicted octanol–water partition coefficient (Wildman–Crippen LogP) is 1.63. The van der Waals surface area contributed by atoms with E-state index in [4.69, 9.17) is 11.2 Å². The topological polar surface area (TPSA) is 29.5 Å². The Morgan fingerprint density at radius 1 is 1.69 bits per heavy atom. The number of likely N-dealkylation sites (tertiary alicyclic amines) is 1. The van der Waals surface area contributed by atoms with Crippen LogP contribution >= 0.6 is 0 Å². The van der Waals surface area contributed by atoms with Crippen molar-refractivity contribution in [2.45, 2.75) is 38.8 Å². The molecule has 0 aromatic rings. The Balaban J connectivity index is 2.51. The molecule has 0 bridgehead atoms. The lowest BCUT2D eigenvalue weighted by atomic mass is 10.2. The number of nitrogens with zero attached hydrogens (tertiary/aromatic N) is 1. The van der Waals surface area contributed by atoms with Crippen molar-refractivity contribution >= 4 is 6.09 Å². The maximum absolute atomic E-state index is 11.4. The van der Waals surface area contributed by atoms with E-state index < -0.39 is 0 Å². The van der Waals surface area contributed by atoms with Gasteiger partial charge in [0.2, 0.25) is 0 Å². The quantitative estimate of drug-likeness (QED) is 0.575. The highest BCUT2D eigenvalue weighted by Gasteiger charge is 2.28. The van der Waals surface area contributed by atoms with Crippen LogP contribution in [0.25, 0.3) is 0 Å². The molecule has 1 atom stereocenters. The van der Waals surface area contributed by atoms with E-state index in [0.29, 0.717) is 0 Å². The Hall–Kier alpha value is -1.17. The van der Waals surface area contributed by atoms with Gasteiger partial charge in [-0.2, -0.15) is 0 Å². The van der Waals surface area contributed by atoms with Crippen LogP contribution in [-0.2, 0) is 4.74 Å². The summed E-state index contributed by atoms with van der Waals surface area (Å²) in [5.41, 5.74) is 0. The molecule has 3 heteroatoms. The van der Waals surface area contributed by atoms with Crippen LogP contribution in [-0.4, -0.2) is 29.7 Å². The zero-order valence-electron chi connectivity index (χ0n) is 8.12. The number of hydrogen-bond donors (Lipinski definition) is 0. The molecule has 1 rings (SSSR count). The number of carbonyl (C=O) groups excluding carboxylic acids is 1. The lowest BCUT2D eigenvalue weighted by molar-refractivity contribution is 0.0786. The van der Waals surface area contributed by atoms with Crippen LogP contribution in [0.4, 0.5) is 4.79 Å². The normalized spacial score (nSPS) is 21.7. The number of rotatable bonds is 1. The number of amides is 1. The number of carbonyl (C=O) groups is 1. The molecule has 1 fully saturated rings. The van der Waals surface area contributed by atoms with Crippen molar-refractivity contribution in [1.29, 1.82) is 0 Å². The first kappa shape index (κ1) is 9.91. The van der Waals surface area contributed by atoms with Crippen LogP contribution in [0.2, 0.25) is 0 Å². The summed E-state index contributed by atoms with van der Waals surface area (Å²) in [6, 6.07) is -0.0637. The van der Waals surface area contributed by atoms with Gasteiger partial charge in [0.15, 0.2) is 0 Å². The van der Waals surface area contributed by atoms with Gasteiger partial charge in [-0.3, -0.25) is 4.90 Å². The summed E-state index contributed by atoms with van der Waals surface area (Å²) in [5, 5.41) is 0. The first-order valence-corrected chi connectivity index (χ1v) is 4.58. The van der Waals surface area contributed by atoms with Crippen LogP contribution < -0.4 is 0 Å². The van der Waals surface area contributed by atoms with Gasteiger partial charge >= 0.3 is 6.09 Å². The lowest BCUT2D eigenvalue weighted by Gasteiger charge is -2.21. The molecule has 0 aromatic carbocycles. The molecular formula is C10H15NO2. The minimum atomic E-state index is -0.282. The largest absolute Gasteiger partial charge is 0.447 e. The molecule has 1 saturated heterocycles. The molecule has 1 amide bonds.